The zero-order valence-corrected chi connectivity index (χ0v) is 8.22. The molecule has 0 aromatic heterocycles. The monoisotopic (exact) mass is 176 g/mol. The van der Waals surface area contributed by atoms with Crippen LogP contribution in [-0.4, -0.2) is 0 Å². The lowest BCUT2D eigenvalue weighted by molar-refractivity contribution is 0.739. The molecule has 0 aliphatic heterocycles. The van der Waals surface area contributed by atoms with Crippen molar-refractivity contribution in [2.75, 3.05) is 5.73 Å². The second-order valence-electron chi connectivity index (χ2n) is 4.16. The van der Waals surface area contributed by atoms with Crippen molar-refractivity contribution in [1.82, 2.24) is 0 Å². The summed E-state index contributed by atoms with van der Waals surface area (Å²) in [5.74, 6) is 0. The molecular weight excluding hydrogens is 160 g/mol. The zero-order valence-electron chi connectivity index (χ0n) is 8.22. The van der Waals surface area contributed by atoms with E-state index >= 15 is 0 Å². The average molecular weight is 176 g/mol. The Bertz CT molecular complexity index is 328. The van der Waals surface area contributed by atoms with Gasteiger partial charge in [0, 0.05) is 11.2 Å². The number of rotatable bonds is 1. The number of aryl methyl sites for hydroxylation is 1. The summed E-state index contributed by atoms with van der Waals surface area (Å²) < 4.78 is 0. The van der Waals surface area contributed by atoms with Crippen molar-refractivity contribution < 1.29 is 0 Å². The predicted octanol–water partition coefficient (Wildman–Crippen LogP) is 1.83. The van der Waals surface area contributed by atoms with Gasteiger partial charge < -0.3 is 11.5 Å². The molecule has 0 atom stereocenters. The fraction of sp³-hybridized carbons (Fsp3) is 0.455. The molecule has 1 aliphatic carbocycles. The van der Waals surface area contributed by atoms with Crippen molar-refractivity contribution in [2.24, 2.45) is 5.73 Å². The standard InChI is InChI=1S/C11H16N2/c1-7-5-9(11(13)3-4-11)6-10(12)8(7)2/h5-6H,3-4,12-13H2,1-2H3. The number of hydrogen-bond acceptors (Lipinski definition) is 2. The molecule has 0 heterocycles. The maximum atomic E-state index is 6.10. The Balaban J connectivity index is 2.50. The van der Waals surface area contributed by atoms with Crippen LogP contribution in [0.25, 0.3) is 0 Å². The van der Waals surface area contributed by atoms with Crippen molar-refractivity contribution in [3.63, 3.8) is 0 Å². The summed E-state index contributed by atoms with van der Waals surface area (Å²) in [6.07, 6.45) is 2.18. The molecule has 1 aromatic carbocycles. The summed E-state index contributed by atoms with van der Waals surface area (Å²) in [4.78, 5) is 0. The van der Waals surface area contributed by atoms with E-state index in [1.807, 2.05) is 13.0 Å². The maximum Gasteiger partial charge on any atom is 0.0412 e. The summed E-state index contributed by atoms with van der Waals surface area (Å²) in [5, 5.41) is 0. The highest BCUT2D eigenvalue weighted by molar-refractivity contribution is 5.54. The fourth-order valence-corrected chi connectivity index (χ4v) is 1.60. The Morgan fingerprint density at radius 1 is 1.23 bits per heavy atom. The molecule has 2 nitrogen and oxygen atoms in total. The number of nitrogens with two attached hydrogens (primary N) is 2. The molecule has 1 fully saturated rings. The van der Waals surface area contributed by atoms with E-state index < -0.39 is 0 Å². The van der Waals surface area contributed by atoms with Gasteiger partial charge in [0.2, 0.25) is 0 Å². The van der Waals surface area contributed by atoms with E-state index in [1.165, 1.54) is 16.7 Å². The molecule has 2 heteroatoms. The number of nitrogen functional groups attached to an aromatic ring is 1. The van der Waals surface area contributed by atoms with E-state index in [-0.39, 0.29) is 5.54 Å². The number of anilines is 1. The molecule has 0 radical (unpaired) electrons. The van der Waals surface area contributed by atoms with Gasteiger partial charge in [0.15, 0.2) is 0 Å². The van der Waals surface area contributed by atoms with Crippen LogP contribution in [0, 0.1) is 13.8 Å². The third kappa shape index (κ3) is 1.31. The first-order chi connectivity index (χ1) is 6.03. The van der Waals surface area contributed by atoms with Gasteiger partial charge in [-0.2, -0.15) is 0 Å². The molecule has 1 aliphatic rings. The minimum absolute atomic E-state index is 0.0629. The molecule has 0 bridgehead atoms. The molecule has 2 rings (SSSR count). The van der Waals surface area contributed by atoms with E-state index in [4.69, 9.17) is 11.5 Å². The van der Waals surface area contributed by atoms with Gasteiger partial charge in [0.25, 0.3) is 0 Å². The Kier molecular flexibility index (Phi) is 1.64. The van der Waals surface area contributed by atoms with Gasteiger partial charge in [-0.05, 0) is 49.4 Å². The molecule has 13 heavy (non-hydrogen) atoms. The molecular formula is C11H16N2. The molecule has 0 unspecified atom stereocenters. The largest absolute Gasteiger partial charge is 0.398 e. The average Bonchev–Trinajstić information content (AvgIpc) is 2.80. The zero-order chi connectivity index (χ0) is 9.64. The topological polar surface area (TPSA) is 52.0 Å². The summed E-state index contributed by atoms with van der Waals surface area (Å²) in [6, 6.07) is 4.19. The Morgan fingerprint density at radius 2 is 1.85 bits per heavy atom. The van der Waals surface area contributed by atoms with Gasteiger partial charge in [0.05, 0.1) is 0 Å². The van der Waals surface area contributed by atoms with Crippen molar-refractivity contribution in [3.05, 3.63) is 28.8 Å². The van der Waals surface area contributed by atoms with Crippen LogP contribution in [0.4, 0.5) is 5.69 Å². The molecule has 0 spiro atoms. The summed E-state index contributed by atoms with van der Waals surface area (Å²) in [5.41, 5.74) is 16.4. The molecule has 70 valence electrons. The van der Waals surface area contributed by atoms with Gasteiger partial charge in [-0.1, -0.05) is 6.07 Å². The van der Waals surface area contributed by atoms with Crippen LogP contribution >= 0.6 is 0 Å². The first-order valence-corrected chi connectivity index (χ1v) is 4.69. The van der Waals surface area contributed by atoms with Crippen LogP contribution in [0.5, 0.6) is 0 Å². The Labute approximate surface area is 78.9 Å². The van der Waals surface area contributed by atoms with Crippen LogP contribution in [0.2, 0.25) is 0 Å². The van der Waals surface area contributed by atoms with Crippen molar-refractivity contribution in [1.29, 1.82) is 0 Å². The Hall–Kier alpha value is -1.02. The van der Waals surface area contributed by atoms with Gasteiger partial charge in [-0.3, -0.25) is 0 Å². The number of hydrogen-bond donors (Lipinski definition) is 2. The van der Waals surface area contributed by atoms with Crippen LogP contribution in [0.15, 0.2) is 12.1 Å². The van der Waals surface area contributed by atoms with E-state index in [0.717, 1.165) is 18.5 Å². The third-order valence-corrected chi connectivity index (χ3v) is 3.07. The molecule has 0 saturated heterocycles. The lowest BCUT2D eigenvalue weighted by atomic mass is 9.98. The highest BCUT2D eigenvalue weighted by Crippen LogP contribution is 2.43. The number of benzene rings is 1. The Morgan fingerprint density at radius 3 is 2.31 bits per heavy atom. The minimum atomic E-state index is -0.0629. The SMILES string of the molecule is Cc1cc(C2(N)CC2)cc(N)c1C. The van der Waals surface area contributed by atoms with Crippen LogP contribution in [0.1, 0.15) is 29.5 Å². The normalized spacial score (nSPS) is 18.7. The highest BCUT2D eigenvalue weighted by Gasteiger charge is 2.40. The lowest BCUT2D eigenvalue weighted by Crippen LogP contribution is -2.19. The minimum Gasteiger partial charge on any atom is -0.398 e. The third-order valence-electron chi connectivity index (χ3n) is 3.07. The van der Waals surface area contributed by atoms with E-state index in [9.17, 15) is 0 Å². The van der Waals surface area contributed by atoms with Gasteiger partial charge in [0.1, 0.15) is 0 Å². The van der Waals surface area contributed by atoms with E-state index in [1.54, 1.807) is 0 Å². The highest BCUT2D eigenvalue weighted by atomic mass is 14.8. The summed E-state index contributed by atoms with van der Waals surface area (Å²) >= 11 is 0. The molecule has 0 amide bonds. The van der Waals surface area contributed by atoms with Crippen molar-refractivity contribution >= 4 is 5.69 Å². The van der Waals surface area contributed by atoms with E-state index in [0.29, 0.717) is 0 Å². The molecule has 1 saturated carbocycles. The maximum absolute atomic E-state index is 6.10. The smallest absolute Gasteiger partial charge is 0.0412 e. The van der Waals surface area contributed by atoms with E-state index in [2.05, 4.69) is 13.0 Å². The lowest BCUT2D eigenvalue weighted by Gasteiger charge is -2.13. The van der Waals surface area contributed by atoms with Gasteiger partial charge in [-0.25, -0.2) is 0 Å². The van der Waals surface area contributed by atoms with Crippen LogP contribution < -0.4 is 11.5 Å². The van der Waals surface area contributed by atoms with Gasteiger partial charge >= 0.3 is 0 Å². The quantitative estimate of drug-likeness (QED) is 0.641. The summed E-state index contributed by atoms with van der Waals surface area (Å²) in [7, 11) is 0. The van der Waals surface area contributed by atoms with Crippen LogP contribution in [-0.2, 0) is 5.54 Å². The first-order valence-electron chi connectivity index (χ1n) is 4.69. The summed E-state index contributed by atoms with van der Waals surface area (Å²) in [6.45, 7) is 4.13. The fourth-order valence-electron chi connectivity index (χ4n) is 1.60. The van der Waals surface area contributed by atoms with Crippen molar-refractivity contribution in [2.45, 2.75) is 32.2 Å². The van der Waals surface area contributed by atoms with Crippen molar-refractivity contribution in [3.8, 4) is 0 Å². The first kappa shape index (κ1) is 8.57. The second-order valence-corrected chi connectivity index (χ2v) is 4.16. The predicted molar refractivity (Wildman–Crippen MR) is 55.4 cm³/mol. The molecule has 4 N–H and O–H groups in total. The second kappa shape index (κ2) is 2.48. The van der Waals surface area contributed by atoms with Crippen LogP contribution in [0.3, 0.4) is 0 Å². The molecule has 1 aromatic rings. The van der Waals surface area contributed by atoms with Gasteiger partial charge in [-0.15, -0.1) is 0 Å².